The molecule has 1 aromatic heterocycles. The lowest BCUT2D eigenvalue weighted by Crippen LogP contribution is -2.00. The standard InChI is InChI=1S/C15H12N4/c1-10-3-2-4-13-14(10)18-15(17)19(13)12-7-5-11(9-16)6-8-12/h2-8H,1H3,(H2,17,18). The van der Waals surface area contributed by atoms with E-state index < -0.39 is 0 Å². The lowest BCUT2D eigenvalue weighted by atomic mass is 10.2. The van der Waals surface area contributed by atoms with Gasteiger partial charge in [-0.2, -0.15) is 5.26 Å². The summed E-state index contributed by atoms with van der Waals surface area (Å²) in [6, 6.07) is 15.4. The molecule has 4 heteroatoms. The first-order valence-corrected chi connectivity index (χ1v) is 5.95. The summed E-state index contributed by atoms with van der Waals surface area (Å²) in [5, 5.41) is 8.83. The number of aryl methyl sites for hydroxylation is 1. The molecule has 2 aromatic carbocycles. The quantitative estimate of drug-likeness (QED) is 0.720. The third-order valence-corrected chi connectivity index (χ3v) is 3.17. The summed E-state index contributed by atoms with van der Waals surface area (Å²) in [4.78, 5) is 4.41. The van der Waals surface area contributed by atoms with Crippen LogP contribution in [-0.4, -0.2) is 9.55 Å². The summed E-state index contributed by atoms with van der Waals surface area (Å²) >= 11 is 0. The van der Waals surface area contributed by atoms with Gasteiger partial charge in [-0.25, -0.2) is 4.98 Å². The normalized spacial score (nSPS) is 10.5. The Hall–Kier alpha value is -2.80. The molecular formula is C15H12N4. The number of rotatable bonds is 1. The molecule has 1 heterocycles. The van der Waals surface area contributed by atoms with Crippen LogP contribution in [0, 0.1) is 18.3 Å². The van der Waals surface area contributed by atoms with Crippen LogP contribution in [0.4, 0.5) is 5.95 Å². The fourth-order valence-corrected chi connectivity index (χ4v) is 2.21. The van der Waals surface area contributed by atoms with E-state index in [9.17, 15) is 0 Å². The number of anilines is 1. The van der Waals surface area contributed by atoms with Crippen LogP contribution in [-0.2, 0) is 0 Å². The number of aromatic nitrogens is 2. The molecule has 0 unspecified atom stereocenters. The highest BCUT2D eigenvalue weighted by molar-refractivity contribution is 5.83. The fraction of sp³-hybridized carbons (Fsp3) is 0.0667. The van der Waals surface area contributed by atoms with Gasteiger partial charge in [0.05, 0.1) is 22.7 Å². The van der Waals surface area contributed by atoms with Crippen LogP contribution >= 0.6 is 0 Å². The molecule has 0 radical (unpaired) electrons. The largest absolute Gasteiger partial charge is 0.369 e. The zero-order chi connectivity index (χ0) is 13.4. The summed E-state index contributed by atoms with van der Waals surface area (Å²) in [7, 11) is 0. The summed E-state index contributed by atoms with van der Waals surface area (Å²) < 4.78 is 1.89. The number of nitrogens with two attached hydrogens (primary N) is 1. The van der Waals surface area contributed by atoms with E-state index in [4.69, 9.17) is 11.0 Å². The number of fused-ring (bicyclic) bond motifs is 1. The van der Waals surface area contributed by atoms with Gasteiger partial charge >= 0.3 is 0 Å². The van der Waals surface area contributed by atoms with E-state index >= 15 is 0 Å². The van der Waals surface area contributed by atoms with Crippen molar-refractivity contribution >= 4 is 17.0 Å². The highest BCUT2D eigenvalue weighted by atomic mass is 15.2. The van der Waals surface area contributed by atoms with Crippen molar-refractivity contribution in [2.45, 2.75) is 6.92 Å². The van der Waals surface area contributed by atoms with Gasteiger partial charge in [0.1, 0.15) is 0 Å². The van der Waals surface area contributed by atoms with Crippen LogP contribution in [0.5, 0.6) is 0 Å². The molecule has 0 saturated heterocycles. The van der Waals surface area contributed by atoms with Crippen LogP contribution in [0.25, 0.3) is 16.7 Å². The van der Waals surface area contributed by atoms with Gasteiger partial charge in [-0.1, -0.05) is 12.1 Å². The van der Waals surface area contributed by atoms with E-state index in [1.807, 2.05) is 41.8 Å². The second kappa shape index (κ2) is 4.14. The van der Waals surface area contributed by atoms with Crippen LogP contribution in [0.1, 0.15) is 11.1 Å². The van der Waals surface area contributed by atoms with E-state index in [1.165, 1.54) is 0 Å². The Kier molecular flexibility index (Phi) is 2.46. The summed E-state index contributed by atoms with van der Waals surface area (Å²) in [6.45, 7) is 2.01. The van der Waals surface area contributed by atoms with Gasteiger partial charge in [0.25, 0.3) is 0 Å². The van der Waals surface area contributed by atoms with Crippen LogP contribution in [0.15, 0.2) is 42.5 Å². The summed E-state index contributed by atoms with van der Waals surface area (Å²) in [5.74, 6) is 0.453. The maximum absolute atomic E-state index is 8.83. The van der Waals surface area contributed by atoms with Crippen molar-refractivity contribution < 1.29 is 0 Å². The van der Waals surface area contributed by atoms with Crippen molar-refractivity contribution in [3.63, 3.8) is 0 Å². The molecule has 3 aromatic rings. The average Bonchev–Trinajstić information content (AvgIpc) is 2.77. The third-order valence-electron chi connectivity index (χ3n) is 3.17. The molecule has 0 atom stereocenters. The van der Waals surface area contributed by atoms with E-state index in [0.29, 0.717) is 11.5 Å². The van der Waals surface area contributed by atoms with Gasteiger partial charge in [0.2, 0.25) is 5.95 Å². The topological polar surface area (TPSA) is 67.6 Å². The number of hydrogen-bond donors (Lipinski definition) is 1. The number of hydrogen-bond acceptors (Lipinski definition) is 3. The molecule has 0 aliphatic carbocycles. The molecule has 0 aliphatic rings. The van der Waals surface area contributed by atoms with Crippen molar-refractivity contribution in [1.82, 2.24) is 9.55 Å². The third kappa shape index (κ3) is 1.72. The molecule has 0 aliphatic heterocycles. The lowest BCUT2D eigenvalue weighted by molar-refractivity contribution is 1.11. The molecule has 92 valence electrons. The SMILES string of the molecule is Cc1cccc2c1nc(N)n2-c1ccc(C#N)cc1. The zero-order valence-electron chi connectivity index (χ0n) is 10.5. The number of imidazole rings is 1. The fourth-order valence-electron chi connectivity index (χ4n) is 2.21. The molecule has 0 saturated carbocycles. The molecule has 0 spiro atoms. The molecule has 0 bridgehead atoms. The summed E-state index contributed by atoms with van der Waals surface area (Å²) in [6.07, 6.45) is 0. The maximum atomic E-state index is 8.83. The molecule has 2 N–H and O–H groups in total. The lowest BCUT2D eigenvalue weighted by Gasteiger charge is -2.06. The van der Waals surface area contributed by atoms with Crippen LogP contribution in [0.2, 0.25) is 0 Å². The number of nitrogens with zero attached hydrogens (tertiary/aromatic N) is 3. The van der Waals surface area contributed by atoms with Crippen molar-refractivity contribution in [3.8, 4) is 11.8 Å². The van der Waals surface area contributed by atoms with Gasteiger partial charge in [0, 0.05) is 5.69 Å². The van der Waals surface area contributed by atoms with Crippen LogP contribution < -0.4 is 5.73 Å². The monoisotopic (exact) mass is 248 g/mol. The highest BCUT2D eigenvalue weighted by Gasteiger charge is 2.11. The second-order valence-electron chi connectivity index (χ2n) is 4.41. The van der Waals surface area contributed by atoms with E-state index in [1.54, 1.807) is 12.1 Å². The number of benzene rings is 2. The minimum atomic E-state index is 0.453. The Balaban J connectivity index is 2.27. The smallest absolute Gasteiger partial charge is 0.205 e. The van der Waals surface area contributed by atoms with Gasteiger partial charge < -0.3 is 5.73 Å². The van der Waals surface area contributed by atoms with Gasteiger partial charge in [-0.15, -0.1) is 0 Å². The Morgan fingerprint density at radius 3 is 2.58 bits per heavy atom. The highest BCUT2D eigenvalue weighted by Crippen LogP contribution is 2.25. The van der Waals surface area contributed by atoms with Crippen molar-refractivity contribution in [2.75, 3.05) is 5.73 Å². The van der Waals surface area contributed by atoms with Crippen molar-refractivity contribution in [2.24, 2.45) is 0 Å². The number of nitrogen functional groups attached to an aromatic ring is 1. The zero-order valence-corrected chi connectivity index (χ0v) is 10.5. The molecule has 3 rings (SSSR count). The predicted molar refractivity (Wildman–Crippen MR) is 74.9 cm³/mol. The number of para-hydroxylation sites is 1. The second-order valence-corrected chi connectivity index (χ2v) is 4.41. The van der Waals surface area contributed by atoms with Crippen molar-refractivity contribution in [3.05, 3.63) is 53.6 Å². The van der Waals surface area contributed by atoms with Crippen molar-refractivity contribution in [1.29, 1.82) is 5.26 Å². The Morgan fingerprint density at radius 1 is 1.16 bits per heavy atom. The molecule has 0 amide bonds. The Bertz CT molecular complexity index is 791. The van der Waals surface area contributed by atoms with Crippen LogP contribution in [0.3, 0.4) is 0 Å². The first kappa shape index (κ1) is 11.3. The molecule has 19 heavy (non-hydrogen) atoms. The van der Waals surface area contributed by atoms with Gasteiger partial charge in [-0.3, -0.25) is 4.57 Å². The first-order valence-electron chi connectivity index (χ1n) is 5.95. The summed E-state index contributed by atoms with van der Waals surface area (Å²) in [5.41, 5.74) is 10.5. The molecular weight excluding hydrogens is 236 g/mol. The van der Waals surface area contributed by atoms with E-state index in [-0.39, 0.29) is 0 Å². The van der Waals surface area contributed by atoms with Gasteiger partial charge in [0.15, 0.2) is 0 Å². The number of nitriles is 1. The minimum absolute atomic E-state index is 0.453. The minimum Gasteiger partial charge on any atom is -0.369 e. The Labute approximate surface area is 110 Å². The predicted octanol–water partition coefficient (Wildman–Crippen LogP) is 2.79. The Morgan fingerprint density at radius 2 is 1.89 bits per heavy atom. The maximum Gasteiger partial charge on any atom is 0.205 e. The van der Waals surface area contributed by atoms with Gasteiger partial charge in [-0.05, 0) is 42.8 Å². The average molecular weight is 248 g/mol. The first-order chi connectivity index (χ1) is 9.20. The molecule has 4 nitrogen and oxygen atoms in total. The molecule has 0 fully saturated rings. The van der Waals surface area contributed by atoms with E-state index in [2.05, 4.69) is 11.1 Å². The van der Waals surface area contributed by atoms with E-state index in [0.717, 1.165) is 22.3 Å².